The summed E-state index contributed by atoms with van der Waals surface area (Å²) in [6, 6.07) is 3.79. The molecule has 1 aromatic rings. The van der Waals surface area contributed by atoms with Crippen LogP contribution in [-0.4, -0.2) is 16.6 Å². The summed E-state index contributed by atoms with van der Waals surface area (Å²) in [5, 5.41) is 10.6. The second kappa shape index (κ2) is 5.81. The van der Waals surface area contributed by atoms with Crippen molar-refractivity contribution in [2.75, 3.05) is 6.54 Å². The van der Waals surface area contributed by atoms with Crippen molar-refractivity contribution < 1.29 is 5.11 Å². The molecule has 0 aliphatic heterocycles. The molecule has 0 spiro atoms. The van der Waals surface area contributed by atoms with Gasteiger partial charge in [0.2, 0.25) is 0 Å². The molecule has 0 aromatic carbocycles. The Balaban J connectivity index is 2.13. The summed E-state index contributed by atoms with van der Waals surface area (Å²) in [6.45, 7) is 2.81. The van der Waals surface area contributed by atoms with E-state index in [2.05, 4.69) is 11.9 Å². The van der Waals surface area contributed by atoms with Crippen molar-refractivity contribution in [3.05, 3.63) is 30.1 Å². The first-order chi connectivity index (χ1) is 8.72. The fourth-order valence-corrected chi connectivity index (χ4v) is 3.15. The lowest BCUT2D eigenvalue weighted by atomic mass is 9.65. The topological polar surface area (TPSA) is 59.1 Å². The summed E-state index contributed by atoms with van der Waals surface area (Å²) in [4.78, 5) is 4.00. The van der Waals surface area contributed by atoms with Crippen LogP contribution < -0.4 is 5.73 Å². The van der Waals surface area contributed by atoms with Gasteiger partial charge >= 0.3 is 0 Å². The largest absolute Gasteiger partial charge is 0.388 e. The molecular weight excluding hydrogens is 224 g/mol. The monoisotopic (exact) mass is 248 g/mol. The molecule has 3 heteroatoms. The SMILES string of the molecule is CCC1CCC(CN)(C(O)c2ccncc2)CC1. The second-order valence-corrected chi connectivity index (χ2v) is 5.60. The third kappa shape index (κ3) is 2.57. The van der Waals surface area contributed by atoms with E-state index in [4.69, 9.17) is 5.73 Å². The van der Waals surface area contributed by atoms with Crippen molar-refractivity contribution in [3.63, 3.8) is 0 Å². The van der Waals surface area contributed by atoms with Crippen molar-refractivity contribution >= 4 is 0 Å². The van der Waals surface area contributed by atoms with E-state index in [1.165, 1.54) is 19.3 Å². The lowest BCUT2D eigenvalue weighted by molar-refractivity contribution is -0.0103. The molecule has 3 N–H and O–H groups in total. The lowest BCUT2D eigenvalue weighted by Crippen LogP contribution is -2.40. The van der Waals surface area contributed by atoms with Gasteiger partial charge < -0.3 is 10.8 Å². The maximum absolute atomic E-state index is 10.6. The minimum Gasteiger partial charge on any atom is -0.388 e. The van der Waals surface area contributed by atoms with Crippen LogP contribution in [-0.2, 0) is 0 Å². The molecule has 1 aromatic heterocycles. The van der Waals surface area contributed by atoms with Crippen molar-refractivity contribution in [2.24, 2.45) is 17.1 Å². The molecule has 1 saturated carbocycles. The normalized spacial score (nSPS) is 30.1. The van der Waals surface area contributed by atoms with Gasteiger partial charge in [-0.25, -0.2) is 0 Å². The van der Waals surface area contributed by atoms with E-state index in [1.54, 1.807) is 12.4 Å². The summed E-state index contributed by atoms with van der Waals surface area (Å²) in [7, 11) is 0. The molecule has 1 unspecified atom stereocenters. The number of nitrogens with two attached hydrogens (primary N) is 1. The van der Waals surface area contributed by atoms with Gasteiger partial charge in [-0.3, -0.25) is 4.98 Å². The number of pyridine rings is 1. The molecule has 100 valence electrons. The molecule has 0 amide bonds. The molecule has 3 nitrogen and oxygen atoms in total. The minimum absolute atomic E-state index is 0.132. The van der Waals surface area contributed by atoms with E-state index in [-0.39, 0.29) is 5.41 Å². The molecule has 1 atom stereocenters. The molecule has 1 aliphatic rings. The van der Waals surface area contributed by atoms with Crippen LogP contribution in [0.25, 0.3) is 0 Å². The van der Waals surface area contributed by atoms with E-state index in [1.807, 2.05) is 12.1 Å². The average molecular weight is 248 g/mol. The first kappa shape index (κ1) is 13.5. The van der Waals surface area contributed by atoms with Gasteiger partial charge in [-0.2, -0.15) is 0 Å². The van der Waals surface area contributed by atoms with Crippen molar-refractivity contribution in [1.82, 2.24) is 4.98 Å². The van der Waals surface area contributed by atoms with E-state index >= 15 is 0 Å². The van der Waals surface area contributed by atoms with E-state index < -0.39 is 6.10 Å². The number of aliphatic hydroxyl groups is 1. The van der Waals surface area contributed by atoms with Gasteiger partial charge in [-0.05, 0) is 49.3 Å². The van der Waals surface area contributed by atoms with Crippen LogP contribution in [0.4, 0.5) is 0 Å². The van der Waals surface area contributed by atoms with E-state index in [9.17, 15) is 5.11 Å². The molecule has 1 heterocycles. The first-order valence-electron chi connectivity index (χ1n) is 7.00. The van der Waals surface area contributed by atoms with Gasteiger partial charge in [0, 0.05) is 24.4 Å². The fourth-order valence-electron chi connectivity index (χ4n) is 3.15. The van der Waals surface area contributed by atoms with Crippen LogP contribution in [0.1, 0.15) is 50.7 Å². The summed E-state index contributed by atoms with van der Waals surface area (Å²) < 4.78 is 0. The maximum Gasteiger partial charge on any atom is 0.0859 e. The third-order valence-corrected chi connectivity index (χ3v) is 4.69. The summed E-state index contributed by atoms with van der Waals surface area (Å²) in [6.07, 6.45) is 8.71. The summed E-state index contributed by atoms with van der Waals surface area (Å²) >= 11 is 0. The van der Waals surface area contributed by atoms with Gasteiger partial charge in [0.25, 0.3) is 0 Å². The van der Waals surface area contributed by atoms with E-state index in [0.29, 0.717) is 6.54 Å². The molecule has 1 aliphatic carbocycles. The molecule has 18 heavy (non-hydrogen) atoms. The highest BCUT2D eigenvalue weighted by molar-refractivity contribution is 5.17. The summed E-state index contributed by atoms with van der Waals surface area (Å²) in [5.41, 5.74) is 6.81. The Labute approximate surface area is 109 Å². The zero-order valence-electron chi connectivity index (χ0n) is 11.2. The lowest BCUT2D eigenvalue weighted by Gasteiger charge is -2.42. The zero-order chi connectivity index (χ0) is 13.0. The number of rotatable bonds is 4. The Morgan fingerprint density at radius 1 is 1.39 bits per heavy atom. The van der Waals surface area contributed by atoms with Crippen molar-refractivity contribution in [3.8, 4) is 0 Å². The standard InChI is InChI=1S/C15H24N2O/c1-2-12-3-7-15(11-16,8-4-12)14(18)13-5-9-17-10-6-13/h5-6,9-10,12,14,18H,2-4,7-8,11,16H2,1H3. The Hall–Kier alpha value is -0.930. The maximum atomic E-state index is 10.6. The van der Waals surface area contributed by atoms with Gasteiger partial charge in [-0.1, -0.05) is 13.3 Å². The highest BCUT2D eigenvalue weighted by Gasteiger charge is 2.40. The van der Waals surface area contributed by atoms with Crippen LogP contribution in [0.15, 0.2) is 24.5 Å². The predicted octanol–water partition coefficient (Wildman–Crippen LogP) is 2.66. The molecular formula is C15H24N2O. The quantitative estimate of drug-likeness (QED) is 0.861. The number of aliphatic hydroxyl groups excluding tert-OH is 1. The van der Waals surface area contributed by atoms with Gasteiger partial charge in [0.15, 0.2) is 0 Å². The highest BCUT2D eigenvalue weighted by atomic mass is 16.3. The van der Waals surface area contributed by atoms with Crippen molar-refractivity contribution in [1.29, 1.82) is 0 Å². The zero-order valence-corrected chi connectivity index (χ0v) is 11.2. The Bertz CT molecular complexity index is 358. The number of aromatic nitrogens is 1. The fraction of sp³-hybridized carbons (Fsp3) is 0.667. The molecule has 1 fully saturated rings. The summed E-state index contributed by atoms with van der Waals surface area (Å²) in [5.74, 6) is 0.814. The van der Waals surface area contributed by atoms with Crippen LogP contribution in [0.5, 0.6) is 0 Å². The van der Waals surface area contributed by atoms with Crippen LogP contribution in [0.3, 0.4) is 0 Å². The Kier molecular flexibility index (Phi) is 4.36. The van der Waals surface area contributed by atoms with Crippen LogP contribution >= 0.6 is 0 Å². The Morgan fingerprint density at radius 2 is 2.00 bits per heavy atom. The van der Waals surface area contributed by atoms with Crippen LogP contribution in [0, 0.1) is 11.3 Å². The minimum atomic E-state index is -0.455. The smallest absolute Gasteiger partial charge is 0.0859 e. The predicted molar refractivity (Wildman–Crippen MR) is 72.9 cm³/mol. The Morgan fingerprint density at radius 3 is 2.50 bits per heavy atom. The number of nitrogens with zero attached hydrogens (tertiary/aromatic N) is 1. The van der Waals surface area contributed by atoms with Crippen molar-refractivity contribution in [2.45, 2.75) is 45.1 Å². The van der Waals surface area contributed by atoms with Gasteiger partial charge in [-0.15, -0.1) is 0 Å². The molecule has 2 rings (SSSR count). The van der Waals surface area contributed by atoms with Gasteiger partial charge in [0.1, 0.15) is 0 Å². The van der Waals surface area contributed by atoms with E-state index in [0.717, 1.165) is 24.3 Å². The average Bonchev–Trinajstić information content (AvgIpc) is 2.47. The number of hydrogen-bond donors (Lipinski definition) is 2. The number of hydrogen-bond acceptors (Lipinski definition) is 3. The van der Waals surface area contributed by atoms with Crippen LogP contribution in [0.2, 0.25) is 0 Å². The molecule has 0 radical (unpaired) electrons. The molecule has 0 bridgehead atoms. The molecule has 0 saturated heterocycles. The van der Waals surface area contributed by atoms with Gasteiger partial charge in [0.05, 0.1) is 6.10 Å². The highest BCUT2D eigenvalue weighted by Crippen LogP contribution is 2.47. The second-order valence-electron chi connectivity index (χ2n) is 5.60. The third-order valence-electron chi connectivity index (χ3n) is 4.69. The first-order valence-corrected chi connectivity index (χ1v) is 7.00.